The van der Waals surface area contributed by atoms with Gasteiger partial charge in [0.1, 0.15) is 5.82 Å². The van der Waals surface area contributed by atoms with E-state index >= 15 is 0 Å². The van der Waals surface area contributed by atoms with Crippen LogP contribution in [-0.2, 0) is 18.6 Å². The predicted octanol–water partition coefficient (Wildman–Crippen LogP) is 5.40. The fourth-order valence-electron chi connectivity index (χ4n) is 4.74. The molecule has 4 rings (SSSR count). The first-order chi connectivity index (χ1) is 13.6. The number of halogens is 4. The summed E-state index contributed by atoms with van der Waals surface area (Å²) in [7, 11) is 2.19. The van der Waals surface area contributed by atoms with E-state index in [1.54, 1.807) is 12.1 Å². The molecule has 0 unspecified atom stereocenters. The van der Waals surface area contributed by atoms with E-state index in [1.165, 1.54) is 11.1 Å². The largest absolute Gasteiger partial charge is 0.304 e. The van der Waals surface area contributed by atoms with Crippen molar-refractivity contribution in [1.82, 2.24) is 15.1 Å². The molecule has 1 saturated carbocycles. The Balaban J connectivity index is 0.00000160. The fourth-order valence-corrected chi connectivity index (χ4v) is 4.74. The molecule has 2 aromatic carbocycles. The normalized spacial score (nSPS) is 18.5. The van der Waals surface area contributed by atoms with Crippen molar-refractivity contribution in [2.45, 2.75) is 44.3 Å². The Bertz CT molecular complexity index is 791. The molecular formula is C24H35Cl3FN3. The molecule has 2 aliphatic rings. The van der Waals surface area contributed by atoms with Gasteiger partial charge in [0, 0.05) is 50.4 Å². The van der Waals surface area contributed by atoms with Gasteiger partial charge in [-0.15, -0.1) is 37.2 Å². The number of rotatable bonds is 6. The summed E-state index contributed by atoms with van der Waals surface area (Å²) in [5.41, 5.74) is 3.27. The third-order valence-electron chi connectivity index (χ3n) is 6.47. The lowest BCUT2D eigenvalue weighted by Gasteiger charge is -2.33. The Morgan fingerprint density at radius 1 is 0.871 bits per heavy atom. The van der Waals surface area contributed by atoms with E-state index in [9.17, 15) is 4.39 Å². The maximum atomic E-state index is 14.5. The zero-order valence-corrected chi connectivity index (χ0v) is 20.6. The second-order valence-electron chi connectivity index (χ2n) is 8.52. The summed E-state index contributed by atoms with van der Waals surface area (Å²) >= 11 is 0. The van der Waals surface area contributed by atoms with Crippen LogP contribution in [-0.4, -0.2) is 43.0 Å². The van der Waals surface area contributed by atoms with Gasteiger partial charge in [0.15, 0.2) is 0 Å². The van der Waals surface area contributed by atoms with Gasteiger partial charge >= 0.3 is 0 Å². The molecule has 0 bridgehead atoms. The van der Waals surface area contributed by atoms with Crippen molar-refractivity contribution in [3.63, 3.8) is 0 Å². The van der Waals surface area contributed by atoms with Gasteiger partial charge in [-0.2, -0.15) is 0 Å². The zero-order chi connectivity index (χ0) is 19.4. The van der Waals surface area contributed by atoms with Crippen molar-refractivity contribution in [3.8, 4) is 0 Å². The molecule has 3 nitrogen and oxygen atoms in total. The average molecular weight is 491 g/mol. The minimum absolute atomic E-state index is 0. The van der Waals surface area contributed by atoms with Crippen molar-refractivity contribution in [1.29, 1.82) is 0 Å². The van der Waals surface area contributed by atoms with Crippen LogP contribution in [0.3, 0.4) is 0 Å². The molecule has 174 valence electrons. The monoisotopic (exact) mass is 489 g/mol. The topological polar surface area (TPSA) is 18.5 Å². The van der Waals surface area contributed by atoms with Crippen molar-refractivity contribution in [3.05, 3.63) is 71.0 Å². The number of likely N-dealkylation sites (N-methyl/N-ethyl adjacent to an activating group) is 1. The van der Waals surface area contributed by atoms with Crippen LogP contribution < -0.4 is 5.32 Å². The van der Waals surface area contributed by atoms with Gasteiger partial charge in [-0.25, -0.2) is 4.39 Å². The molecule has 1 saturated heterocycles. The molecule has 7 heteroatoms. The van der Waals surface area contributed by atoms with E-state index in [0.717, 1.165) is 70.5 Å². The van der Waals surface area contributed by atoms with Gasteiger partial charge in [-0.1, -0.05) is 55.3 Å². The van der Waals surface area contributed by atoms with Gasteiger partial charge in [-0.3, -0.25) is 4.90 Å². The van der Waals surface area contributed by atoms with Gasteiger partial charge in [0.2, 0.25) is 0 Å². The Hall–Kier alpha value is -0.880. The van der Waals surface area contributed by atoms with Crippen LogP contribution in [0.1, 0.15) is 42.4 Å². The Morgan fingerprint density at radius 3 is 2.19 bits per heavy atom. The first kappa shape index (κ1) is 28.2. The summed E-state index contributed by atoms with van der Waals surface area (Å²) in [4.78, 5) is 4.92. The number of piperazine rings is 1. The number of nitrogens with zero attached hydrogens (tertiary/aromatic N) is 2. The van der Waals surface area contributed by atoms with Crippen LogP contribution in [0.5, 0.6) is 0 Å². The standard InChI is InChI=1S/C24H32FN3.3ClH/c1-27-13-15-28(16-14-27)19-21-8-6-7-20(17-21)18-26-24(11-4-5-12-24)22-9-2-3-10-23(22)25;;;/h2-3,6-10,17,26H,4-5,11-16,18-19H2,1H3;3*1H. The minimum atomic E-state index is -0.223. The molecule has 0 atom stereocenters. The molecule has 1 N–H and O–H groups in total. The third kappa shape index (κ3) is 7.05. The highest BCUT2D eigenvalue weighted by atomic mass is 35.5. The highest BCUT2D eigenvalue weighted by Gasteiger charge is 2.36. The molecule has 31 heavy (non-hydrogen) atoms. The van der Waals surface area contributed by atoms with Crippen LogP contribution >= 0.6 is 37.2 Å². The molecule has 0 spiro atoms. The van der Waals surface area contributed by atoms with Crippen LogP contribution in [0.25, 0.3) is 0 Å². The molecular weight excluding hydrogens is 456 g/mol. The van der Waals surface area contributed by atoms with E-state index in [0.29, 0.717) is 0 Å². The number of benzene rings is 2. The first-order valence-electron chi connectivity index (χ1n) is 10.6. The summed E-state index contributed by atoms with van der Waals surface area (Å²) in [6.45, 7) is 6.36. The summed E-state index contributed by atoms with van der Waals surface area (Å²) in [6.07, 6.45) is 4.33. The van der Waals surface area contributed by atoms with Crippen LogP contribution in [0.2, 0.25) is 0 Å². The Kier molecular flexibility index (Phi) is 11.8. The van der Waals surface area contributed by atoms with Gasteiger partial charge in [-0.05, 0) is 37.1 Å². The maximum Gasteiger partial charge on any atom is 0.128 e. The quantitative estimate of drug-likeness (QED) is 0.585. The highest BCUT2D eigenvalue weighted by Crippen LogP contribution is 2.40. The zero-order valence-electron chi connectivity index (χ0n) is 18.2. The maximum absolute atomic E-state index is 14.5. The van der Waals surface area contributed by atoms with Crippen molar-refractivity contribution in [2.75, 3.05) is 33.2 Å². The lowest BCUT2D eigenvalue weighted by molar-refractivity contribution is 0.148. The lowest BCUT2D eigenvalue weighted by Crippen LogP contribution is -2.43. The van der Waals surface area contributed by atoms with E-state index < -0.39 is 0 Å². The molecule has 2 fully saturated rings. The second-order valence-corrected chi connectivity index (χ2v) is 8.52. The smallest absolute Gasteiger partial charge is 0.128 e. The summed E-state index contributed by atoms with van der Waals surface area (Å²) in [6, 6.07) is 16.2. The number of hydrogen-bond donors (Lipinski definition) is 1. The molecule has 1 aliphatic heterocycles. The average Bonchev–Trinajstić information content (AvgIpc) is 3.19. The molecule has 1 aliphatic carbocycles. The number of hydrogen-bond acceptors (Lipinski definition) is 3. The fraction of sp³-hybridized carbons (Fsp3) is 0.500. The predicted molar refractivity (Wildman–Crippen MR) is 134 cm³/mol. The second kappa shape index (κ2) is 13.0. The van der Waals surface area contributed by atoms with E-state index in [4.69, 9.17) is 0 Å². The van der Waals surface area contributed by atoms with Crippen LogP contribution in [0, 0.1) is 5.82 Å². The SMILES string of the molecule is CN1CCN(Cc2cccc(CNC3(c4ccccc4F)CCCC3)c2)CC1.Cl.Cl.Cl. The van der Waals surface area contributed by atoms with E-state index in [2.05, 4.69) is 46.4 Å². The van der Waals surface area contributed by atoms with Gasteiger partial charge in [0.25, 0.3) is 0 Å². The Morgan fingerprint density at radius 2 is 1.52 bits per heavy atom. The Labute approximate surface area is 205 Å². The summed E-state index contributed by atoms with van der Waals surface area (Å²) < 4.78 is 14.5. The minimum Gasteiger partial charge on any atom is -0.304 e. The summed E-state index contributed by atoms with van der Waals surface area (Å²) in [5, 5.41) is 3.74. The first-order valence-corrected chi connectivity index (χ1v) is 10.6. The van der Waals surface area contributed by atoms with Crippen LogP contribution in [0.15, 0.2) is 48.5 Å². The van der Waals surface area contributed by atoms with Crippen molar-refractivity contribution in [2.24, 2.45) is 0 Å². The molecule has 0 amide bonds. The molecule has 0 radical (unpaired) electrons. The molecule has 0 aromatic heterocycles. The lowest BCUT2D eigenvalue weighted by atomic mass is 9.87. The van der Waals surface area contributed by atoms with E-state index in [-0.39, 0.29) is 48.6 Å². The highest BCUT2D eigenvalue weighted by molar-refractivity contribution is 5.86. The van der Waals surface area contributed by atoms with Crippen molar-refractivity contribution >= 4 is 37.2 Å². The van der Waals surface area contributed by atoms with Crippen LogP contribution in [0.4, 0.5) is 4.39 Å². The van der Waals surface area contributed by atoms with Gasteiger partial charge in [0.05, 0.1) is 0 Å². The third-order valence-corrected chi connectivity index (χ3v) is 6.47. The van der Waals surface area contributed by atoms with Gasteiger partial charge < -0.3 is 10.2 Å². The number of nitrogens with one attached hydrogen (secondary N) is 1. The molecule has 2 aromatic rings. The van der Waals surface area contributed by atoms with E-state index in [1.807, 2.05) is 12.1 Å². The molecule has 1 heterocycles. The van der Waals surface area contributed by atoms with Crippen molar-refractivity contribution < 1.29 is 4.39 Å². The summed E-state index contributed by atoms with van der Waals surface area (Å²) in [5.74, 6) is -0.0827.